The van der Waals surface area contributed by atoms with E-state index in [-0.39, 0.29) is 10.8 Å². The summed E-state index contributed by atoms with van der Waals surface area (Å²) in [5.74, 6) is 0.481. The maximum absolute atomic E-state index is 12.3. The molecule has 0 aromatic heterocycles. The van der Waals surface area contributed by atoms with Gasteiger partial charge in [-0.15, -0.1) is 0 Å². The van der Waals surface area contributed by atoms with Gasteiger partial charge in [0.25, 0.3) is 5.91 Å². The average molecular weight is 369 g/mol. The molecule has 0 saturated heterocycles. The van der Waals surface area contributed by atoms with Crippen LogP contribution in [0, 0.1) is 0 Å². The molecule has 6 heteroatoms. The molecular weight excluding hydrogens is 350 g/mol. The molecule has 0 spiro atoms. The Hall–Kier alpha value is -2.86. The molecule has 0 fully saturated rings. The lowest BCUT2D eigenvalue weighted by Gasteiger charge is -2.08. The number of carbonyl (C=O) groups excluding carboxylic acids is 1. The largest absolute Gasteiger partial charge is 0.497 e. The molecule has 0 atom stereocenters. The van der Waals surface area contributed by atoms with E-state index in [2.05, 4.69) is 5.32 Å². The van der Waals surface area contributed by atoms with Gasteiger partial charge in [-0.3, -0.25) is 4.79 Å². The fraction of sp³-hybridized carbons (Fsp3) is 0.150. The van der Waals surface area contributed by atoms with E-state index in [4.69, 9.17) is 4.74 Å². The van der Waals surface area contributed by atoms with Crippen LogP contribution in [0.5, 0.6) is 5.75 Å². The van der Waals surface area contributed by atoms with E-state index in [0.717, 1.165) is 28.3 Å². The summed E-state index contributed by atoms with van der Waals surface area (Å²) < 4.78 is 28.4. The Labute approximate surface area is 152 Å². The number of hydrogen-bond acceptors (Lipinski definition) is 4. The van der Waals surface area contributed by atoms with E-state index in [9.17, 15) is 13.2 Å². The Kier molecular flexibility index (Phi) is 4.95. The Bertz CT molecular complexity index is 1070. The van der Waals surface area contributed by atoms with Gasteiger partial charge in [-0.2, -0.15) is 0 Å². The SMILES string of the molecule is COc1ccc2cc(CNC(=O)c3cccc(S(C)(=O)=O)c3)ccc2c1. The summed E-state index contributed by atoms with van der Waals surface area (Å²) in [6, 6.07) is 17.7. The van der Waals surface area contributed by atoms with Gasteiger partial charge in [0.05, 0.1) is 12.0 Å². The van der Waals surface area contributed by atoms with Crippen molar-refractivity contribution in [3.05, 3.63) is 71.8 Å². The highest BCUT2D eigenvalue weighted by Crippen LogP contribution is 2.22. The number of rotatable bonds is 5. The minimum atomic E-state index is -3.35. The van der Waals surface area contributed by atoms with Gasteiger partial charge >= 0.3 is 0 Å². The lowest BCUT2D eigenvalue weighted by Crippen LogP contribution is -2.23. The smallest absolute Gasteiger partial charge is 0.251 e. The summed E-state index contributed by atoms with van der Waals surface area (Å²) in [5.41, 5.74) is 1.27. The zero-order valence-electron chi connectivity index (χ0n) is 14.5. The third-order valence-electron chi connectivity index (χ3n) is 4.09. The van der Waals surface area contributed by atoms with Gasteiger partial charge in [0.1, 0.15) is 5.75 Å². The summed E-state index contributed by atoms with van der Waals surface area (Å²) in [4.78, 5) is 12.5. The van der Waals surface area contributed by atoms with Crippen LogP contribution < -0.4 is 10.1 Å². The molecule has 1 amide bonds. The Morgan fingerprint density at radius 2 is 1.73 bits per heavy atom. The topological polar surface area (TPSA) is 72.5 Å². The molecule has 3 aromatic rings. The average Bonchev–Trinajstić information content (AvgIpc) is 2.65. The molecule has 0 aliphatic heterocycles. The van der Waals surface area contributed by atoms with Gasteiger partial charge in [0.15, 0.2) is 9.84 Å². The molecule has 0 unspecified atom stereocenters. The van der Waals surface area contributed by atoms with Crippen molar-refractivity contribution in [3.8, 4) is 5.75 Å². The summed E-state index contributed by atoms with van der Waals surface area (Å²) >= 11 is 0. The lowest BCUT2D eigenvalue weighted by molar-refractivity contribution is 0.0950. The third kappa shape index (κ3) is 4.03. The van der Waals surface area contributed by atoms with Crippen molar-refractivity contribution in [3.63, 3.8) is 0 Å². The molecular formula is C20H19NO4S. The molecule has 0 bridgehead atoms. The van der Waals surface area contributed by atoms with Crippen LogP contribution in [0.2, 0.25) is 0 Å². The van der Waals surface area contributed by atoms with E-state index in [1.807, 2.05) is 36.4 Å². The highest BCUT2D eigenvalue weighted by Gasteiger charge is 2.11. The van der Waals surface area contributed by atoms with Gasteiger partial charge < -0.3 is 10.1 Å². The van der Waals surface area contributed by atoms with Gasteiger partial charge in [-0.05, 0) is 52.7 Å². The normalized spacial score (nSPS) is 11.3. The molecule has 3 rings (SSSR count). The van der Waals surface area contributed by atoms with Gasteiger partial charge in [-0.1, -0.05) is 24.3 Å². The van der Waals surface area contributed by atoms with Gasteiger partial charge in [0, 0.05) is 18.4 Å². The number of benzene rings is 3. The number of nitrogens with one attached hydrogen (secondary N) is 1. The maximum Gasteiger partial charge on any atom is 0.251 e. The Balaban J connectivity index is 1.74. The fourth-order valence-electron chi connectivity index (χ4n) is 2.66. The highest BCUT2D eigenvalue weighted by atomic mass is 32.2. The summed E-state index contributed by atoms with van der Waals surface area (Å²) in [6.07, 6.45) is 1.12. The van der Waals surface area contributed by atoms with E-state index < -0.39 is 9.84 Å². The predicted molar refractivity (Wildman–Crippen MR) is 101 cm³/mol. The van der Waals surface area contributed by atoms with Crippen molar-refractivity contribution in [2.24, 2.45) is 0 Å². The molecule has 0 saturated carbocycles. The first kappa shape index (κ1) is 17.9. The monoisotopic (exact) mass is 369 g/mol. The van der Waals surface area contributed by atoms with Crippen LogP contribution >= 0.6 is 0 Å². The number of amides is 1. The van der Waals surface area contributed by atoms with Crippen LogP contribution in [-0.4, -0.2) is 27.7 Å². The summed E-state index contributed by atoms with van der Waals surface area (Å²) in [5, 5.41) is 4.93. The van der Waals surface area contributed by atoms with E-state index in [1.54, 1.807) is 19.2 Å². The van der Waals surface area contributed by atoms with Crippen LogP contribution in [0.4, 0.5) is 0 Å². The van der Waals surface area contributed by atoms with Crippen molar-refractivity contribution < 1.29 is 17.9 Å². The Morgan fingerprint density at radius 1 is 1.00 bits per heavy atom. The van der Waals surface area contributed by atoms with Crippen molar-refractivity contribution in [1.29, 1.82) is 0 Å². The lowest BCUT2D eigenvalue weighted by atomic mass is 10.1. The van der Waals surface area contributed by atoms with Crippen LogP contribution in [0.3, 0.4) is 0 Å². The molecule has 0 aliphatic carbocycles. The minimum Gasteiger partial charge on any atom is -0.497 e. The first-order valence-corrected chi connectivity index (χ1v) is 9.91. The Morgan fingerprint density at radius 3 is 2.46 bits per heavy atom. The molecule has 134 valence electrons. The van der Waals surface area contributed by atoms with E-state index >= 15 is 0 Å². The standard InChI is InChI=1S/C20H19NO4S/c1-25-18-9-8-15-10-14(6-7-16(15)11-18)13-21-20(22)17-4-3-5-19(12-17)26(2,23)24/h3-12H,13H2,1-2H3,(H,21,22). The molecule has 5 nitrogen and oxygen atoms in total. The fourth-order valence-corrected chi connectivity index (χ4v) is 3.33. The molecule has 3 aromatic carbocycles. The third-order valence-corrected chi connectivity index (χ3v) is 5.20. The second-order valence-electron chi connectivity index (χ2n) is 6.03. The second kappa shape index (κ2) is 7.17. The summed E-state index contributed by atoms with van der Waals surface area (Å²) in [7, 11) is -1.72. The van der Waals surface area contributed by atoms with Crippen molar-refractivity contribution in [2.45, 2.75) is 11.4 Å². The van der Waals surface area contributed by atoms with Crippen LogP contribution in [-0.2, 0) is 16.4 Å². The molecule has 1 N–H and O–H groups in total. The van der Waals surface area contributed by atoms with Crippen molar-refractivity contribution in [1.82, 2.24) is 5.32 Å². The van der Waals surface area contributed by atoms with Crippen LogP contribution in [0.1, 0.15) is 15.9 Å². The van der Waals surface area contributed by atoms with Gasteiger partial charge in [-0.25, -0.2) is 8.42 Å². The molecule has 26 heavy (non-hydrogen) atoms. The maximum atomic E-state index is 12.3. The number of sulfone groups is 1. The van der Waals surface area contributed by atoms with E-state index in [0.29, 0.717) is 12.1 Å². The van der Waals surface area contributed by atoms with Crippen molar-refractivity contribution >= 4 is 26.5 Å². The second-order valence-corrected chi connectivity index (χ2v) is 8.05. The zero-order valence-corrected chi connectivity index (χ0v) is 15.3. The van der Waals surface area contributed by atoms with E-state index in [1.165, 1.54) is 12.1 Å². The first-order valence-electron chi connectivity index (χ1n) is 8.02. The van der Waals surface area contributed by atoms with Crippen LogP contribution in [0.15, 0.2) is 65.6 Å². The summed E-state index contributed by atoms with van der Waals surface area (Å²) in [6.45, 7) is 0.351. The zero-order chi connectivity index (χ0) is 18.7. The number of ether oxygens (including phenoxy) is 1. The number of carbonyl (C=O) groups is 1. The molecule has 0 heterocycles. The number of methoxy groups -OCH3 is 1. The first-order chi connectivity index (χ1) is 12.4. The highest BCUT2D eigenvalue weighted by molar-refractivity contribution is 7.90. The molecule has 0 radical (unpaired) electrons. The predicted octanol–water partition coefficient (Wildman–Crippen LogP) is 3.18. The number of fused-ring (bicyclic) bond motifs is 1. The van der Waals surface area contributed by atoms with Gasteiger partial charge in [0.2, 0.25) is 0 Å². The van der Waals surface area contributed by atoms with Crippen molar-refractivity contribution in [2.75, 3.05) is 13.4 Å². The minimum absolute atomic E-state index is 0.129. The quantitative estimate of drug-likeness (QED) is 0.750. The number of hydrogen-bond donors (Lipinski definition) is 1. The van der Waals surface area contributed by atoms with Crippen LogP contribution in [0.25, 0.3) is 10.8 Å². The molecule has 0 aliphatic rings.